The number of nitrogens with one attached hydrogen (secondary N) is 1. The third-order valence-corrected chi connectivity index (χ3v) is 6.18. The molecule has 0 radical (unpaired) electrons. The van der Waals surface area contributed by atoms with Crippen LogP contribution < -0.4 is 4.74 Å². The Bertz CT molecular complexity index is 1590. The molecule has 0 aliphatic carbocycles. The van der Waals surface area contributed by atoms with E-state index < -0.39 is 18.5 Å². The molecular weight excluding hydrogens is 519 g/mol. The van der Waals surface area contributed by atoms with Gasteiger partial charge in [0.25, 0.3) is 0 Å². The number of rotatable bonds is 8. The molecule has 7 nitrogen and oxygen atoms in total. The lowest BCUT2D eigenvalue weighted by Crippen LogP contribution is -2.05. The summed E-state index contributed by atoms with van der Waals surface area (Å²) in [4.78, 5) is 19.7. The first-order valence-corrected chi connectivity index (χ1v) is 12.1. The van der Waals surface area contributed by atoms with Gasteiger partial charge in [0.2, 0.25) is 5.88 Å². The van der Waals surface area contributed by atoms with Crippen LogP contribution in [0.1, 0.15) is 36.7 Å². The summed E-state index contributed by atoms with van der Waals surface area (Å²) in [6.07, 6.45) is 2.48. The van der Waals surface area contributed by atoms with Gasteiger partial charge < -0.3 is 14.3 Å². The Morgan fingerprint density at radius 1 is 1.00 bits per heavy atom. The molecule has 0 aliphatic heterocycles. The third-order valence-electron chi connectivity index (χ3n) is 6.18. The van der Waals surface area contributed by atoms with Crippen LogP contribution >= 0.6 is 0 Å². The fourth-order valence-corrected chi connectivity index (χ4v) is 4.26. The number of aromatic amines is 1. The summed E-state index contributed by atoms with van der Waals surface area (Å²) in [5.74, 6) is 0.204. The number of aryl methyl sites for hydroxylation is 2. The normalized spacial score (nSPS) is 12.1. The van der Waals surface area contributed by atoms with E-state index in [0.717, 1.165) is 17.3 Å². The van der Waals surface area contributed by atoms with Crippen molar-refractivity contribution in [1.82, 2.24) is 29.5 Å². The zero-order chi connectivity index (χ0) is 27.7. The van der Waals surface area contributed by atoms with Crippen LogP contribution in [0.4, 0.5) is 22.0 Å². The van der Waals surface area contributed by atoms with Crippen molar-refractivity contribution >= 4 is 11.0 Å². The van der Waals surface area contributed by atoms with Crippen LogP contribution in [0, 0.1) is 0 Å². The summed E-state index contributed by atoms with van der Waals surface area (Å²) in [6, 6.07) is 10.2. The lowest BCUT2D eigenvalue weighted by atomic mass is 10.0. The van der Waals surface area contributed by atoms with Gasteiger partial charge in [-0.3, -0.25) is 0 Å². The largest absolute Gasteiger partial charge is 0.434 e. The minimum atomic E-state index is -4.52. The van der Waals surface area contributed by atoms with Gasteiger partial charge in [0.15, 0.2) is 11.5 Å². The van der Waals surface area contributed by atoms with Crippen LogP contribution in [0.2, 0.25) is 0 Å². The summed E-state index contributed by atoms with van der Waals surface area (Å²) in [5, 5.41) is 0. The minimum Gasteiger partial charge on any atom is -0.416 e. The number of aromatic nitrogens is 6. The Labute approximate surface area is 219 Å². The second-order valence-electron chi connectivity index (χ2n) is 9.15. The number of nitrogens with zero attached hydrogens (tertiary/aromatic N) is 5. The molecular formula is C27H23F5N6O. The maximum atomic E-state index is 13.2. The lowest BCUT2D eigenvalue weighted by Gasteiger charge is -2.11. The first-order valence-electron chi connectivity index (χ1n) is 12.1. The van der Waals surface area contributed by atoms with Gasteiger partial charge >= 0.3 is 12.8 Å². The molecule has 0 bridgehead atoms. The highest BCUT2D eigenvalue weighted by Gasteiger charge is 2.35. The minimum absolute atomic E-state index is 0.193. The van der Waals surface area contributed by atoms with Crippen LogP contribution in [0.25, 0.3) is 33.8 Å². The van der Waals surface area contributed by atoms with Crippen molar-refractivity contribution in [2.45, 2.75) is 45.5 Å². The number of H-pyrrole nitrogens is 1. The Morgan fingerprint density at radius 3 is 2.46 bits per heavy atom. The SMILES string of the molecule is CC(C)n1cc(C(F)(F)F)nc1-c1ccc(CCc2c[nH]c3cnc(-c4cccnc4OC(F)F)nc23)cc1. The zero-order valence-electron chi connectivity index (χ0n) is 20.9. The van der Waals surface area contributed by atoms with E-state index in [4.69, 9.17) is 0 Å². The van der Waals surface area contributed by atoms with Crippen LogP contribution in [-0.2, 0) is 19.0 Å². The molecule has 5 aromatic rings. The van der Waals surface area contributed by atoms with Gasteiger partial charge in [-0.25, -0.2) is 19.9 Å². The van der Waals surface area contributed by atoms with E-state index in [-0.39, 0.29) is 29.1 Å². The molecule has 0 fully saturated rings. The van der Waals surface area contributed by atoms with E-state index in [2.05, 4.69) is 29.7 Å². The quantitative estimate of drug-likeness (QED) is 0.217. The van der Waals surface area contributed by atoms with Gasteiger partial charge in [0, 0.05) is 30.2 Å². The molecule has 0 unspecified atom stereocenters. The molecule has 0 saturated carbocycles. The Hall–Kier alpha value is -4.35. The number of benzene rings is 1. The summed E-state index contributed by atoms with van der Waals surface area (Å²) >= 11 is 0. The van der Waals surface area contributed by atoms with E-state index in [9.17, 15) is 22.0 Å². The van der Waals surface area contributed by atoms with Crippen molar-refractivity contribution < 1.29 is 26.7 Å². The number of imidazole rings is 1. The van der Waals surface area contributed by atoms with E-state index in [1.165, 1.54) is 10.8 Å². The second-order valence-corrected chi connectivity index (χ2v) is 9.15. The molecule has 0 amide bonds. The predicted molar refractivity (Wildman–Crippen MR) is 134 cm³/mol. The number of hydrogen-bond donors (Lipinski definition) is 1. The van der Waals surface area contributed by atoms with Crippen LogP contribution in [0.15, 0.2) is 61.2 Å². The first kappa shape index (κ1) is 26.3. The number of halogens is 5. The maximum absolute atomic E-state index is 13.2. The number of hydrogen-bond acceptors (Lipinski definition) is 5. The topological polar surface area (TPSA) is 81.5 Å². The van der Waals surface area contributed by atoms with Crippen molar-refractivity contribution in [1.29, 1.82) is 0 Å². The van der Waals surface area contributed by atoms with Crippen molar-refractivity contribution in [2.75, 3.05) is 0 Å². The summed E-state index contributed by atoms with van der Waals surface area (Å²) in [7, 11) is 0. The van der Waals surface area contributed by atoms with E-state index in [1.54, 1.807) is 44.3 Å². The summed E-state index contributed by atoms with van der Waals surface area (Å²) in [5.41, 5.74) is 3.10. The second kappa shape index (κ2) is 10.4. The smallest absolute Gasteiger partial charge is 0.416 e. The van der Waals surface area contributed by atoms with Crippen molar-refractivity contribution in [2.24, 2.45) is 0 Å². The average Bonchev–Trinajstić information content (AvgIpc) is 3.53. The highest BCUT2D eigenvalue weighted by Crippen LogP contribution is 2.33. The summed E-state index contributed by atoms with van der Waals surface area (Å²) in [6.45, 7) is 0.571. The van der Waals surface area contributed by atoms with Crippen LogP contribution in [0.3, 0.4) is 0 Å². The van der Waals surface area contributed by atoms with Crippen molar-refractivity contribution in [3.05, 3.63) is 78.0 Å². The van der Waals surface area contributed by atoms with E-state index >= 15 is 0 Å². The predicted octanol–water partition coefficient (Wildman–Crippen LogP) is 6.87. The highest BCUT2D eigenvalue weighted by atomic mass is 19.4. The maximum Gasteiger partial charge on any atom is 0.434 e. The molecule has 12 heteroatoms. The Kier molecular flexibility index (Phi) is 7.02. The number of fused-ring (bicyclic) bond motifs is 1. The van der Waals surface area contributed by atoms with E-state index in [1.807, 2.05) is 18.3 Å². The van der Waals surface area contributed by atoms with Crippen LogP contribution in [0.5, 0.6) is 5.88 Å². The zero-order valence-corrected chi connectivity index (χ0v) is 20.9. The molecule has 0 saturated heterocycles. The van der Waals surface area contributed by atoms with Gasteiger partial charge in [-0.05, 0) is 49.9 Å². The molecule has 4 aromatic heterocycles. The Balaban J connectivity index is 1.36. The molecule has 0 spiro atoms. The van der Waals surface area contributed by atoms with Crippen molar-refractivity contribution in [3.8, 4) is 28.7 Å². The molecule has 39 heavy (non-hydrogen) atoms. The molecule has 202 valence electrons. The summed E-state index contributed by atoms with van der Waals surface area (Å²) < 4.78 is 71.4. The Morgan fingerprint density at radius 2 is 1.77 bits per heavy atom. The van der Waals surface area contributed by atoms with Gasteiger partial charge in [0.05, 0.1) is 22.8 Å². The number of alkyl halides is 5. The van der Waals surface area contributed by atoms with Gasteiger partial charge in [-0.1, -0.05) is 24.3 Å². The van der Waals surface area contributed by atoms with E-state index in [0.29, 0.717) is 29.4 Å². The third kappa shape index (κ3) is 5.59. The molecule has 5 rings (SSSR count). The number of ether oxygens (including phenoxy) is 1. The van der Waals surface area contributed by atoms with Gasteiger partial charge in [-0.15, -0.1) is 0 Å². The fraction of sp³-hybridized carbons (Fsp3) is 0.259. The average molecular weight is 543 g/mol. The number of pyridine rings is 1. The molecule has 1 aromatic carbocycles. The van der Waals surface area contributed by atoms with Gasteiger partial charge in [0.1, 0.15) is 5.82 Å². The van der Waals surface area contributed by atoms with Crippen LogP contribution in [-0.4, -0.2) is 36.1 Å². The highest BCUT2D eigenvalue weighted by molar-refractivity contribution is 5.80. The molecule has 0 atom stereocenters. The lowest BCUT2D eigenvalue weighted by molar-refractivity contribution is -0.140. The van der Waals surface area contributed by atoms with Gasteiger partial charge in [-0.2, -0.15) is 22.0 Å². The standard InChI is InChI=1S/C27H23F5N6O/c1-15(2)38-14-21(27(30,31)32)36-24(38)17-8-5-16(6-9-17)7-10-18-12-34-20-13-35-23(37-22(18)20)19-4-3-11-33-25(19)39-26(28)29/h3-6,8-9,11-15,26,34H,7,10H2,1-2H3. The molecule has 0 aliphatic rings. The molecule has 1 N–H and O–H groups in total. The first-order chi connectivity index (χ1) is 18.6. The van der Waals surface area contributed by atoms with Crippen molar-refractivity contribution in [3.63, 3.8) is 0 Å². The monoisotopic (exact) mass is 542 g/mol. The molecule has 4 heterocycles. The fourth-order valence-electron chi connectivity index (χ4n) is 4.26.